The van der Waals surface area contributed by atoms with Gasteiger partial charge in [-0.25, -0.2) is 24.0 Å². The third-order valence-electron chi connectivity index (χ3n) is 4.21. The first-order valence-electron chi connectivity index (χ1n) is 6.89. The van der Waals surface area contributed by atoms with Gasteiger partial charge in [-0.15, -0.1) is 0 Å². The lowest BCUT2D eigenvalue weighted by molar-refractivity contribution is 0.227. The fourth-order valence-corrected chi connectivity index (χ4v) is 4.21. The third-order valence-corrected chi connectivity index (χ3v) is 5.73. The maximum Gasteiger partial charge on any atom is 0.244 e. The molecule has 1 aromatic rings. The summed E-state index contributed by atoms with van der Waals surface area (Å²) in [5.41, 5.74) is 2.33. The summed E-state index contributed by atoms with van der Waals surface area (Å²) in [7, 11) is -3.61. The summed E-state index contributed by atoms with van der Waals surface area (Å²) >= 11 is 0. The van der Waals surface area contributed by atoms with Crippen LogP contribution in [0.2, 0.25) is 0 Å². The zero-order chi connectivity index (χ0) is 14.8. The zero-order valence-electron chi connectivity index (χ0n) is 11.8. The van der Waals surface area contributed by atoms with Crippen molar-refractivity contribution in [2.45, 2.75) is 44.0 Å². The Balaban J connectivity index is 2.23. The van der Waals surface area contributed by atoms with E-state index in [9.17, 15) is 8.42 Å². The summed E-state index contributed by atoms with van der Waals surface area (Å²) in [6.07, 6.45) is 4.57. The van der Waals surface area contributed by atoms with Crippen molar-refractivity contribution in [3.63, 3.8) is 0 Å². The molecule has 0 bridgehead atoms. The molecule has 7 heteroatoms. The number of nitrogen functional groups attached to an aromatic ring is 1. The quantitative estimate of drug-likeness (QED) is 0.578. The van der Waals surface area contributed by atoms with Gasteiger partial charge in [0.25, 0.3) is 0 Å². The van der Waals surface area contributed by atoms with E-state index in [1.54, 1.807) is 6.07 Å². The Labute approximate surface area is 120 Å². The molecular formula is C13H22N4O2S. The molecular weight excluding hydrogens is 276 g/mol. The van der Waals surface area contributed by atoms with Crippen molar-refractivity contribution in [1.82, 2.24) is 9.71 Å². The number of nitrogens with zero attached hydrogens (tertiary/aromatic N) is 1. The molecule has 1 saturated carbocycles. The fraction of sp³-hybridized carbons (Fsp3) is 0.615. The first kappa shape index (κ1) is 15.2. The van der Waals surface area contributed by atoms with Crippen molar-refractivity contribution in [2.75, 3.05) is 5.43 Å². The molecule has 0 amide bonds. The largest absolute Gasteiger partial charge is 0.307 e. The predicted molar refractivity (Wildman–Crippen MR) is 78.3 cm³/mol. The van der Waals surface area contributed by atoms with Gasteiger partial charge < -0.3 is 5.43 Å². The minimum atomic E-state index is -3.61. The lowest BCUT2D eigenvalue weighted by Gasteiger charge is -2.34. The Morgan fingerprint density at radius 3 is 2.80 bits per heavy atom. The highest BCUT2D eigenvalue weighted by Gasteiger charge is 2.31. The van der Waals surface area contributed by atoms with Crippen LogP contribution in [0, 0.1) is 11.8 Å². The van der Waals surface area contributed by atoms with E-state index in [1.165, 1.54) is 12.3 Å². The van der Waals surface area contributed by atoms with E-state index in [2.05, 4.69) is 29.0 Å². The number of hydrogen-bond acceptors (Lipinski definition) is 5. The van der Waals surface area contributed by atoms with E-state index < -0.39 is 10.0 Å². The molecule has 0 saturated heterocycles. The predicted octanol–water partition coefficient (Wildman–Crippen LogP) is 1.47. The average molecular weight is 298 g/mol. The van der Waals surface area contributed by atoms with E-state index >= 15 is 0 Å². The maximum atomic E-state index is 12.5. The number of pyridine rings is 1. The van der Waals surface area contributed by atoms with Crippen molar-refractivity contribution in [3.05, 3.63) is 18.3 Å². The second-order valence-corrected chi connectivity index (χ2v) is 7.17. The van der Waals surface area contributed by atoms with Crippen LogP contribution in [0.4, 0.5) is 5.82 Å². The number of nitrogens with one attached hydrogen (secondary N) is 2. The summed E-state index contributed by atoms with van der Waals surface area (Å²) in [6, 6.07) is 3.05. The Hall–Kier alpha value is -1.18. The van der Waals surface area contributed by atoms with E-state index in [1.807, 2.05) is 0 Å². The highest BCUT2D eigenvalue weighted by molar-refractivity contribution is 7.89. The molecule has 0 aliphatic heterocycles. The molecule has 0 spiro atoms. The Morgan fingerprint density at radius 2 is 2.10 bits per heavy atom. The number of sulfonamides is 1. The summed E-state index contributed by atoms with van der Waals surface area (Å²) in [4.78, 5) is 4.03. The monoisotopic (exact) mass is 298 g/mol. The topological polar surface area (TPSA) is 97.1 Å². The van der Waals surface area contributed by atoms with Gasteiger partial charge >= 0.3 is 0 Å². The normalized spacial score (nSPS) is 27.2. The molecule has 4 N–H and O–H groups in total. The van der Waals surface area contributed by atoms with E-state index in [0.717, 1.165) is 19.3 Å². The lowest BCUT2D eigenvalue weighted by Crippen LogP contribution is -2.43. The smallest absolute Gasteiger partial charge is 0.244 e. The van der Waals surface area contributed by atoms with E-state index in [-0.39, 0.29) is 16.8 Å². The molecule has 1 heterocycles. The molecule has 3 unspecified atom stereocenters. The van der Waals surface area contributed by atoms with Crippen LogP contribution in [-0.4, -0.2) is 19.4 Å². The van der Waals surface area contributed by atoms with Crippen molar-refractivity contribution in [1.29, 1.82) is 0 Å². The fourth-order valence-electron chi connectivity index (χ4n) is 2.73. The van der Waals surface area contributed by atoms with Crippen LogP contribution in [0.25, 0.3) is 0 Å². The number of hydrazine groups is 1. The standard InChI is InChI=1S/C13H22N4O2S/c1-9-5-3-6-11(10(9)2)17-20(18,19)12-7-4-8-15-13(12)16-14/h4,7-11,17H,3,5-6,14H2,1-2H3,(H,15,16). The van der Waals surface area contributed by atoms with Crippen molar-refractivity contribution < 1.29 is 8.42 Å². The first-order valence-corrected chi connectivity index (χ1v) is 8.38. The van der Waals surface area contributed by atoms with Crippen molar-refractivity contribution in [3.8, 4) is 0 Å². The molecule has 2 rings (SSSR count). The summed E-state index contributed by atoms with van der Waals surface area (Å²) in [5, 5.41) is 0. The van der Waals surface area contributed by atoms with Gasteiger partial charge in [0.2, 0.25) is 10.0 Å². The SMILES string of the molecule is CC1CCCC(NS(=O)(=O)c2cccnc2NN)C1C. The van der Waals surface area contributed by atoms with Gasteiger partial charge in [-0.1, -0.05) is 26.7 Å². The number of anilines is 1. The molecule has 1 aliphatic rings. The summed E-state index contributed by atoms with van der Waals surface area (Å²) in [5.74, 6) is 6.34. The second-order valence-electron chi connectivity index (χ2n) is 5.49. The van der Waals surface area contributed by atoms with Crippen LogP contribution in [-0.2, 0) is 10.0 Å². The van der Waals surface area contributed by atoms with Crippen LogP contribution >= 0.6 is 0 Å². The molecule has 20 heavy (non-hydrogen) atoms. The van der Waals surface area contributed by atoms with Gasteiger partial charge in [0.1, 0.15) is 4.90 Å². The van der Waals surface area contributed by atoms with Gasteiger partial charge in [0.05, 0.1) is 0 Å². The highest BCUT2D eigenvalue weighted by atomic mass is 32.2. The molecule has 112 valence electrons. The van der Waals surface area contributed by atoms with Gasteiger partial charge in [0.15, 0.2) is 5.82 Å². The van der Waals surface area contributed by atoms with Crippen LogP contribution in [0.3, 0.4) is 0 Å². The maximum absolute atomic E-state index is 12.5. The minimum absolute atomic E-state index is 0.0328. The molecule has 6 nitrogen and oxygen atoms in total. The Morgan fingerprint density at radius 1 is 1.35 bits per heavy atom. The number of rotatable bonds is 4. The van der Waals surface area contributed by atoms with Gasteiger partial charge in [-0.3, -0.25) is 0 Å². The third kappa shape index (κ3) is 3.11. The molecule has 0 aromatic carbocycles. The minimum Gasteiger partial charge on any atom is -0.307 e. The van der Waals surface area contributed by atoms with E-state index in [0.29, 0.717) is 11.8 Å². The van der Waals surface area contributed by atoms with Crippen LogP contribution in [0.1, 0.15) is 33.1 Å². The van der Waals surface area contributed by atoms with Crippen LogP contribution in [0.15, 0.2) is 23.2 Å². The number of hydrogen-bond donors (Lipinski definition) is 3. The Bertz CT molecular complexity index is 561. The highest BCUT2D eigenvalue weighted by Crippen LogP contribution is 2.30. The van der Waals surface area contributed by atoms with Gasteiger partial charge in [0, 0.05) is 12.2 Å². The number of aromatic nitrogens is 1. The van der Waals surface area contributed by atoms with Gasteiger partial charge in [-0.05, 0) is 30.4 Å². The average Bonchev–Trinajstić information content (AvgIpc) is 2.43. The first-order chi connectivity index (χ1) is 9.45. The molecule has 0 radical (unpaired) electrons. The Kier molecular flexibility index (Phi) is 4.62. The van der Waals surface area contributed by atoms with Crippen molar-refractivity contribution in [2.24, 2.45) is 17.7 Å². The molecule has 1 aliphatic carbocycles. The van der Waals surface area contributed by atoms with Gasteiger partial charge in [-0.2, -0.15) is 0 Å². The summed E-state index contributed by atoms with van der Waals surface area (Å²) < 4.78 is 27.8. The molecule has 3 atom stereocenters. The zero-order valence-corrected chi connectivity index (χ0v) is 12.7. The van der Waals surface area contributed by atoms with E-state index in [4.69, 9.17) is 5.84 Å². The van der Waals surface area contributed by atoms with Crippen LogP contribution < -0.4 is 16.0 Å². The van der Waals surface area contributed by atoms with Crippen molar-refractivity contribution >= 4 is 15.8 Å². The van der Waals surface area contributed by atoms with Crippen LogP contribution in [0.5, 0.6) is 0 Å². The number of nitrogens with two attached hydrogens (primary N) is 1. The molecule has 1 aromatic heterocycles. The second kappa shape index (κ2) is 6.07. The summed E-state index contributed by atoms with van der Waals surface area (Å²) in [6.45, 7) is 4.27. The lowest BCUT2D eigenvalue weighted by atomic mass is 9.78. The molecule has 1 fully saturated rings.